The van der Waals surface area contributed by atoms with Crippen LogP contribution < -0.4 is 20.3 Å². The van der Waals surface area contributed by atoms with E-state index in [0.29, 0.717) is 34.9 Å². The number of methoxy groups -OCH3 is 1. The van der Waals surface area contributed by atoms with Crippen LogP contribution >= 0.6 is 0 Å². The number of rotatable bonds is 5. The molecule has 7 heteroatoms. The smallest absolute Gasteiger partial charge is 0.369 e. The Hall–Kier alpha value is -2.83. The van der Waals surface area contributed by atoms with Crippen molar-refractivity contribution in [1.29, 1.82) is 0 Å². The summed E-state index contributed by atoms with van der Waals surface area (Å²) < 4.78 is 11.0. The average molecular weight is 298 g/mol. The third kappa shape index (κ3) is 2.65. The molecule has 0 N–H and O–H groups in total. The monoisotopic (exact) mass is 298 g/mol. The minimum atomic E-state index is -0.561. The van der Waals surface area contributed by atoms with E-state index in [9.17, 15) is 4.79 Å². The minimum Gasteiger partial charge on any atom is -0.497 e. The lowest BCUT2D eigenvalue weighted by Crippen LogP contribution is -2.26. The highest BCUT2D eigenvalue weighted by molar-refractivity contribution is 5.77. The molecule has 0 atom stereocenters. The Morgan fingerprint density at radius 1 is 1.23 bits per heavy atom. The minimum absolute atomic E-state index is 0.277. The highest BCUT2D eigenvalue weighted by atomic mass is 16.5. The van der Waals surface area contributed by atoms with Crippen molar-refractivity contribution in [1.82, 2.24) is 9.97 Å². The van der Waals surface area contributed by atoms with Crippen molar-refractivity contribution >= 4 is 6.03 Å². The second-order valence-electron chi connectivity index (χ2n) is 4.62. The molecular weight excluding hydrogens is 284 g/mol. The second kappa shape index (κ2) is 5.88. The van der Waals surface area contributed by atoms with Crippen molar-refractivity contribution in [2.75, 3.05) is 13.7 Å². The van der Waals surface area contributed by atoms with E-state index in [1.54, 1.807) is 13.2 Å². The summed E-state index contributed by atoms with van der Waals surface area (Å²) in [6.45, 7) is 2.61. The Balaban J connectivity index is 2.11. The van der Waals surface area contributed by atoms with Crippen LogP contribution in [-0.4, -0.2) is 29.7 Å². The lowest BCUT2D eigenvalue weighted by molar-refractivity contribution is 0.256. The van der Waals surface area contributed by atoms with Gasteiger partial charge >= 0.3 is 6.03 Å². The first-order valence-corrected chi connectivity index (χ1v) is 6.87. The standard InChI is InChI=1S/C15H14N4O3/c1-3-6-22-12-5-4-9(21-2)7-10(12)13-16-8-11-14(18-13)19-15(20)17-11/h4-5,7-8H,3,6H2,1-2H3. The van der Waals surface area contributed by atoms with Gasteiger partial charge in [0, 0.05) is 0 Å². The summed E-state index contributed by atoms with van der Waals surface area (Å²) in [6, 6.07) is 4.85. The number of urea groups is 1. The zero-order valence-electron chi connectivity index (χ0n) is 12.2. The summed E-state index contributed by atoms with van der Waals surface area (Å²) in [5.41, 5.74) is 0.962. The van der Waals surface area contributed by atoms with Crippen LogP contribution in [0.5, 0.6) is 11.5 Å². The van der Waals surface area contributed by atoms with Crippen molar-refractivity contribution < 1.29 is 14.3 Å². The Morgan fingerprint density at radius 2 is 2.09 bits per heavy atom. The van der Waals surface area contributed by atoms with Crippen molar-refractivity contribution in [2.24, 2.45) is 9.98 Å². The van der Waals surface area contributed by atoms with Crippen LogP contribution in [0.4, 0.5) is 4.79 Å². The second-order valence-corrected chi connectivity index (χ2v) is 4.62. The molecule has 0 saturated heterocycles. The van der Waals surface area contributed by atoms with E-state index in [1.807, 2.05) is 19.1 Å². The van der Waals surface area contributed by atoms with Gasteiger partial charge in [-0.1, -0.05) is 6.92 Å². The molecule has 0 aliphatic carbocycles. The molecule has 0 saturated carbocycles. The maximum atomic E-state index is 11.2. The first kappa shape index (κ1) is 14.1. The quantitative estimate of drug-likeness (QED) is 0.830. The van der Waals surface area contributed by atoms with Gasteiger partial charge in [0.2, 0.25) is 0 Å². The van der Waals surface area contributed by atoms with E-state index < -0.39 is 6.03 Å². The van der Waals surface area contributed by atoms with Gasteiger partial charge in [-0.3, -0.25) is 0 Å². The van der Waals surface area contributed by atoms with Crippen LogP contribution in [0.25, 0.3) is 11.4 Å². The molecule has 0 radical (unpaired) electrons. The molecule has 3 rings (SSSR count). The van der Waals surface area contributed by atoms with E-state index in [2.05, 4.69) is 20.0 Å². The van der Waals surface area contributed by atoms with Gasteiger partial charge in [-0.05, 0) is 24.6 Å². The molecule has 22 heavy (non-hydrogen) atoms. The van der Waals surface area contributed by atoms with Gasteiger partial charge in [-0.15, -0.1) is 0 Å². The maximum Gasteiger partial charge on any atom is 0.369 e. The first-order valence-electron chi connectivity index (χ1n) is 6.87. The van der Waals surface area contributed by atoms with E-state index in [4.69, 9.17) is 9.47 Å². The van der Waals surface area contributed by atoms with E-state index in [1.165, 1.54) is 6.20 Å². The Morgan fingerprint density at radius 3 is 2.86 bits per heavy atom. The van der Waals surface area contributed by atoms with Gasteiger partial charge in [0.1, 0.15) is 16.9 Å². The molecular formula is C15H14N4O3. The van der Waals surface area contributed by atoms with E-state index in [0.717, 1.165) is 6.42 Å². The third-order valence-electron chi connectivity index (χ3n) is 3.06. The fraction of sp³-hybridized carbons (Fsp3) is 0.267. The number of ether oxygens (including phenoxy) is 2. The number of amides is 2. The lowest BCUT2D eigenvalue weighted by Gasteiger charge is -2.11. The molecule has 2 aromatic rings. The van der Waals surface area contributed by atoms with Gasteiger partial charge in [0.15, 0.2) is 11.3 Å². The summed E-state index contributed by atoms with van der Waals surface area (Å²) >= 11 is 0. The number of hydrogen-bond acceptors (Lipinski definition) is 5. The topological polar surface area (TPSA) is 86.0 Å². The fourth-order valence-corrected chi connectivity index (χ4v) is 2.02. The van der Waals surface area contributed by atoms with Crippen LogP contribution in [0.2, 0.25) is 0 Å². The lowest BCUT2D eigenvalue weighted by atomic mass is 10.1. The summed E-state index contributed by atoms with van der Waals surface area (Å²) in [4.78, 5) is 27.2. The number of benzene rings is 1. The molecule has 1 aromatic carbocycles. The summed E-state index contributed by atoms with van der Waals surface area (Å²) in [5, 5.41) is 0.382. The van der Waals surface area contributed by atoms with Crippen molar-refractivity contribution in [3.8, 4) is 22.9 Å². The van der Waals surface area contributed by atoms with Crippen molar-refractivity contribution in [3.05, 3.63) is 35.2 Å². The molecule has 112 valence electrons. The van der Waals surface area contributed by atoms with Gasteiger partial charge in [0.05, 0.1) is 25.5 Å². The third-order valence-corrected chi connectivity index (χ3v) is 3.06. The summed E-state index contributed by atoms with van der Waals surface area (Å²) in [7, 11) is 1.59. The summed E-state index contributed by atoms with van der Waals surface area (Å²) in [6.07, 6.45) is 2.37. The van der Waals surface area contributed by atoms with Crippen LogP contribution in [0.1, 0.15) is 13.3 Å². The Bertz CT molecular complexity index is 848. The number of hydrogen-bond donors (Lipinski definition) is 0. The average Bonchev–Trinajstić information content (AvgIpc) is 2.91. The Kier molecular flexibility index (Phi) is 3.78. The molecule has 0 fully saturated rings. The van der Waals surface area contributed by atoms with Gasteiger partial charge in [-0.2, -0.15) is 9.98 Å². The van der Waals surface area contributed by atoms with Crippen LogP contribution in [0.15, 0.2) is 34.4 Å². The highest BCUT2D eigenvalue weighted by Crippen LogP contribution is 2.31. The predicted molar refractivity (Wildman–Crippen MR) is 77.5 cm³/mol. The SMILES string of the molecule is CCCOc1ccc(OC)cc1-c1ncc2c(n1)=NC(=O)N=2. The first-order chi connectivity index (χ1) is 10.7. The molecule has 0 bridgehead atoms. The number of aromatic nitrogens is 2. The molecule has 1 aliphatic rings. The van der Waals surface area contributed by atoms with Gasteiger partial charge in [-0.25, -0.2) is 14.8 Å². The normalized spacial score (nSPS) is 12.4. The maximum absolute atomic E-state index is 11.2. The molecule has 1 aliphatic heterocycles. The molecule has 7 nitrogen and oxygen atoms in total. The fourth-order valence-electron chi connectivity index (χ4n) is 2.02. The summed E-state index contributed by atoms with van der Waals surface area (Å²) in [5.74, 6) is 1.74. The predicted octanol–water partition coefficient (Wildman–Crippen LogP) is 1.31. The zero-order valence-corrected chi connectivity index (χ0v) is 12.2. The van der Waals surface area contributed by atoms with Gasteiger partial charge in [0.25, 0.3) is 0 Å². The molecule has 0 unspecified atom stereocenters. The van der Waals surface area contributed by atoms with Gasteiger partial charge < -0.3 is 9.47 Å². The molecule has 2 heterocycles. The van der Waals surface area contributed by atoms with Crippen molar-refractivity contribution in [3.63, 3.8) is 0 Å². The number of carbonyl (C=O) groups excluding carboxylic acids is 1. The Labute approximate surface area is 126 Å². The molecule has 0 spiro atoms. The van der Waals surface area contributed by atoms with Crippen LogP contribution in [0, 0.1) is 0 Å². The highest BCUT2D eigenvalue weighted by Gasteiger charge is 2.14. The number of fused-ring (bicyclic) bond motifs is 1. The number of nitrogens with zero attached hydrogens (tertiary/aromatic N) is 4. The largest absolute Gasteiger partial charge is 0.497 e. The zero-order chi connectivity index (χ0) is 15.5. The van der Waals surface area contributed by atoms with Crippen LogP contribution in [-0.2, 0) is 0 Å². The number of carbonyl (C=O) groups is 1. The van der Waals surface area contributed by atoms with E-state index >= 15 is 0 Å². The van der Waals surface area contributed by atoms with Crippen LogP contribution in [0.3, 0.4) is 0 Å². The van der Waals surface area contributed by atoms with Crippen molar-refractivity contribution in [2.45, 2.75) is 13.3 Å². The molecule has 1 aromatic heterocycles. The van der Waals surface area contributed by atoms with E-state index in [-0.39, 0.29) is 5.49 Å². The molecule has 2 amide bonds.